The number of nitrogens with one attached hydrogen (secondary N) is 1. The number of Topliss-reactive ketones (excluding diaryl/α,β-unsaturated/α-hetero) is 1. The van der Waals surface area contributed by atoms with Gasteiger partial charge < -0.3 is 4.90 Å². The maximum Gasteiger partial charge on any atom is 0.196 e. The zero-order valence-corrected chi connectivity index (χ0v) is 15.8. The lowest BCUT2D eigenvalue weighted by molar-refractivity contribution is -0.904. The van der Waals surface area contributed by atoms with Crippen LogP contribution < -0.4 is 4.90 Å². The molecule has 3 aromatic rings. The third-order valence-electron chi connectivity index (χ3n) is 5.04. The van der Waals surface area contributed by atoms with Crippen molar-refractivity contribution in [1.29, 1.82) is 0 Å². The van der Waals surface area contributed by atoms with Gasteiger partial charge in [-0.15, -0.1) is 0 Å². The van der Waals surface area contributed by atoms with Gasteiger partial charge in [-0.3, -0.25) is 4.79 Å². The second-order valence-corrected chi connectivity index (χ2v) is 7.26. The number of likely N-dealkylation sites (tertiary alicyclic amines) is 1. The van der Waals surface area contributed by atoms with Crippen LogP contribution in [-0.4, -0.2) is 18.9 Å². The van der Waals surface area contributed by atoms with Crippen LogP contribution in [0.3, 0.4) is 0 Å². The highest BCUT2D eigenvalue weighted by Gasteiger charge is 2.29. The highest BCUT2D eigenvalue weighted by atomic mass is 16.1. The Morgan fingerprint density at radius 1 is 0.643 bits per heavy atom. The molecule has 3 aromatic carbocycles. The summed E-state index contributed by atoms with van der Waals surface area (Å²) >= 11 is 0. The van der Waals surface area contributed by atoms with Gasteiger partial charge in [-0.2, -0.15) is 0 Å². The van der Waals surface area contributed by atoms with Gasteiger partial charge in [0, 0.05) is 5.56 Å². The Balaban J connectivity index is 1.66. The summed E-state index contributed by atoms with van der Waals surface area (Å²) in [6.45, 7) is 2.40. The Morgan fingerprint density at radius 2 is 1.07 bits per heavy atom. The highest BCUT2D eigenvalue weighted by Crippen LogP contribution is 2.16. The fourth-order valence-electron chi connectivity index (χ4n) is 3.71. The smallest absolute Gasteiger partial charge is 0.196 e. The molecule has 4 rings (SSSR count). The van der Waals surface area contributed by atoms with E-state index in [1.165, 1.54) is 10.5 Å². The van der Waals surface area contributed by atoms with E-state index in [0.29, 0.717) is 0 Å². The Morgan fingerprint density at radius 3 is 1.54 bits per heavy atom. The van der Waals surface area contributed by atoms with Crippen LogP contribution in [0.2, 0.25) is 0 Å². The summed E-state index contributed by atoms with van der Waals surface area (Å²) < 4.78 is 0. The minimum Gasteiger partial charge on any atom is -0.323 e. The number of hydrogen-bond acceptors (Lipinski definition) is 1. The van der Waals surface area contributed by atoms with Crippen LogP contribution in [-0.2, 0) is 11.3 Å². The second-order valence-electron chi connectivity index (χ2n) is 7.26. The molecule has 2 nitrogen and oxygen atoms in total. The first-order chi connectivity index (χ1) is 13.8. The van der Waals surface area contributed by atoms with Crippen LogP contribution in [0.4, 0.5) is 0 Å². The van der Waals surface area contributed by atoms with Crippen LogP contribution in [0.1, 0.15) is 16.7 Å². The van der Waals surface area contributed by atoms with Crippen LogP contribution in [0, 0.1) is 0 Å². The highest BCUT2D eigenvalue weighted by molar-refractivity contribution is 6.14. The van der Waals surface area contributed by atoms with Crippen molar-refractivity contribution in [1.82, 2.24) is 0 Å². The molecule has 0 aromatic heterocycles. The first-order valence-corrected chi connectivity index (χ1v) is 9.71. The van der Waals surface area contributed by atoms with E-state index in [4.69, 9.17) is 0 Å². The zero-order valence-electron chi connectivity index (χ0n) is 15.8. The van der Waals surface area contributed by atoms with Crippen molar-refractivity contribution < 1.29 is 9.69 Å². The third-order valence-corrected chi connectivity index (χ3v) is 5.04. The van der Waals surface area contributed by atoms with E-state index in [-0.39, 0.29) is 5.78 Å². The molecule has 28 heavy (non-hydrogen) atoms. The SMILES string of the molecule is O=C1/C(=C/c2ccccc2)C[NH+](Cc2ccccc2)C/C1=C\c1ccccc1. The summed E-state index contributed by atoms with van der Waals surface area (Å²) in [5.74, 6) is 0.171. The summed E-state index contributed by atoms with van der Waals surface area (Å²) in [4.78, 5) is 14.6. The normalized spacial score (nSPS) is 19.9. The quantitative estimate of drug-likeness (QED) is 0.697. The molecule has 2 heteroatoms. The summed E-state index contributed by atoms with van der Waals surface area (Å²) in [6, 6.07) is 30.7. The van der Waals surface area contributed by atoms with E-state index in [2.05, 4.69) is 24.3 Å². The summed E-state index contributed by atoms with van der Waals surface area (Å²) in [5.41, 5.74) is 5.21. The maximum atomic E-state index is 13.2. The lowest BCUT2D eigenvalue weighted by Gasteiger charge is -2.27. The topological polar surface area (TPSA) is 21.5 Å². The van der Waals surface area contributed by atoms with Gasteiger partial charge in [-0.05, 0) is 23.3 Å². The predicted molar refractivity (Wildman–Crippen MR) is 115 cm³/mol. The monoisotopic (exact) mass is 366 g/mol. The third kappa shape index (κ3) is 4.54. The van der Waals surface area contributed by atoms with E-state index in [1.807, 2.05) is 78.9 Å². The molecule has 1 aliphatic heterocycles. The van der Waals surface area contributed by atoms with E-state index in [1.54, 1.807) is 0 Å². The zero-order chi connectivity index (χ0) is 19.2. The number of carbonyl (C=O) groups excluding carboxylic acids is 1. The average Bonchev–Trinajstić information content (AvgIpc) is 2.74. The molecule has 1 N–H and O–H groups in total. The molecule has 1 fully saturated rings. The average molecular weight is 366 g/mol. The van der Waals surface area contributed by atoms with Crippen molar-refractivity contribution in [2.24, 2.45) is 0 Å². The standard InChI is InChI=1S/C26H23NO/c28-26-24(16-21-10-4-1-5-11-21)19-27(18-23-14-8-3-9-15-23)20-25(26)17-22-12-6-2-7-13-22/h1-17H,18-20H2/p+1/b24-16+,25-17+. The van der Waals surface area contributed by atoms with E-state index < -0.39 is 0 Å². The van der Waals surface area contributed by atoms with Gasteiger partial charge in [0.05, 0.1) is 11.1 Å². The first kappa shape index (κ1) is 18.1. The molecule has 0 saturated carbocycles. The van der Waals surface area contributed by atoms with Crippen molar-refractivity contribution in [3.05, 3.63) is 119 Å². The number of carbonyl (C=O) groups is 1. The Kier molecular flexibility index (Phi) is 5.60. The first-order valence-electron chi connectivity index (χ1n) is 9.71. The van der Waals surface area contributed by atoms with Crippen molar-refractivity contribution >= 4 is 17.9 Å². The van der Waals surface area contributed by atoms with Gasteiger partial charge in [0.2, 0.25) is 0 Å². The van der Waals surface area contributed by atoms with Crippen LogP contribution in [0.15, 0.2) is 102 Å². The van der Waals surface area contributed by atoms with Crippen molar-refractivity contribution in [2.75, 3.05) is 13.1 Å². The molecule has 138 valence electrons. The molecular formula is C26H24NO+. The van der Waals surface area contributed by atoms with Gasteiger partial charge in [0.25, 0.3) is 0 Å². The maximum absolute atomic E-state index is 13.2. The number of piperidine rings is 1. The lowest BCUT2D eigenvalue weighted by Crippen LogP contribution is -3.12. The summed E-state index contributed by atoms with van der Waals surface area (Å²) in [7, 11) is 0. The molecule has 0 spiro atoms. The molecule has 0 radical (unpaired) electrons. The van der Waals surface area contributed by atoms with Crippen LogP contribution >= 0.6 is 0 Å². The number of benzene rings is 3. The molecule has 0 bridgehead atoms. The molecule has 0 unspecified atom stereocenters. The second kappa shape index (κ2) is 8.64. The van der Waals surface area contributed by atoms with E-state index >= 15 is 0 Å². The van der Waals surface area contributed by atoms with Crippen molar-refractivity contribution in [2.45, 2.75) is 6.54 Å². The molecule has 1 aliphatic rings. The van der Waals surface area contributed by atoms with E-state index in [9.17, 15) is 4.79 Å². The van der Waals surface area contributed by atoms with Gasteiger partial charge in [-0.1, -0.05) is 91.0 Å². The number of rotatable bonds is 4. The van der Waals surface area contributed by atoms with E-state index in [0.717, 1.165) is 41.9 Å². The van der Waals surface area contributed by atoms with Crippen LogP contribution in [0.5, 0.6) is 0 Å². The Bertz CT molecular complexity index is 927. The molecular weight excluding hydrogens is 342 g/mol. The van der Waals surface area contributed by atoms with Crippen molar-refractivity contribution in [3.63, 3.8) is 0 Å². The van der Waals surface area contributed by atoms with Gasteiger partial charge in [0.15, 0.2) is 5.78 Å². The number of hydrogen-bond donors (Lipinski definition) is 1. The van der Waals surface area contributed by atoms with Gasteiger partial charge >= 0.3 is 0 Å². The predicted octanol–water partition coefficient (Wildman–Crippen LogP) is 3.82. The number of ketones is 1. The molecule has 1 saturated heterocycles. The molecule has 0 amide bonds. The summed E-state index contributed by atoms with van der Waals surface area (Å²) in [6.07, 6.45) is 4.09. The Labute approximate surface area is 166 Å². The lowest BCUT2D eigenvalue weighted by atomic mass is 9.94. The summed E-state index contributed by atoms with van der Waals surface area (Å²) in [5, 5.41) is 0. The number of quaternary nitrogens is 1. The molecule has 1 heterocycles. The van der Waals surface area contributed by atoms with Crippen molar-refractivity contribution in [3.8, 4) is 0 Å². The Hall–Kier alpha value is -3.23. The van der Waals surface area contributed by atoms with Crippen LogP contribution in [0.25, 0.3) is 12.2 Å². The van der Waals surface area contributed by atoms with Gasteiger partial charge in [0.1, 0.15) is 19.6 Å². The minimum atomic E-state index is 0.171. The fourth-order valence-corrected chi connectivity index (χ4v) is 3.71. The fraction of sp³-hybridized carbons (Fsp3) is 0.115. The largest absolute Gasteiger partial charge is 0.323 e. The minimum absolute atomic E-state index is 0.171. The van der Waals surface area contributed by atoms with Gasteiger partial charge in [-0.25, -0.2) is 0 Å². The molecule has 0 atom stereocenters. The molecule has 0 aliphatic carbocycles.